The molecule has 0 aliphatic carbocycles. The number of hydrogen-bond acceptors (Lipinski definition) is 4. The number of aliphatic hydroxyl groups excluding tert-OH is 1. The minimum Gasteiger partial charge on any atom is -0.491 e. The fourth-order valence-corrected chi connectivity index (χ4v) is 5.54. The molecule has 3 N–H and O–H groups in total. The predicted molar refractivity (Wildman–Crippen MR) is 165 cm³/mol. The normalized spacial score (nSPS) is 14.3. The van der Waals surface area contributed by atoms with Gasteiger partial charge >= 0.3 is 5.97 Å². The van der Waals surface area contributed by atoms with Crippen LogP contribution in [0.2, 0.25) is 0 Å². The number of rotatable bonds is 18. The zero-order valence-corrected chi connectivity index (χ0v) is 25.6. The summed E-state index contributed by atoms with van der Waals surface area (Å²) in [5.41, 5.74) is 4.90. The van der Waals surface area contributed by atoms with Gasteiger partial charge in [-0.05, 0) is 79.8 Å². The molecule has 2 rings (SSSR count). The molecule has 0 amide bonds. The van der Waals surface area contributed by atoms with Gasteiger partial charge in [-0.2, -0.15) is 0 Å². The Labute approximate surface area is 242 Å². The summed E-state index contributed by atoms with van der Waals surface area (Å²) >= 11 is 0. The first-order valence-electron chi connectivity index (χ1n) is 15.2. The van der Waals surface area contributed by atoms with Crippen LogP contribution in [-0.4, -0.2) is 39.6 Å². The monoisotopic (exact) mass is 552 g/mol. The highest BCUT2D eigenvalue weighted by Gasteiger charge is 2.31. The Morgan fingerprint density at radius 3 is 2.12 bits per heavy atom. The van der Waals surface area contributed by atoms with E-state index in [9.17, 15) is 15.0 Å². The number of carboxylic acid groups (broad SMARTS) is 1. The number of unbranched alkanes of at least 4 members (excludes halogenated alkanes) is 3. The van der Waals surface area contributed by atoms with Crippen LogP contribution in [0.5, 0.6) is 5.75 Å². The average Bonchev–Trinajstić information content (AvgIpc) is 2.94. The van der Waals surface area contributed by atoms with E-state index in [1.807, 2.05) is 19.1 Å². The van der Waals surface area contributed by atoms with Crippen LogP contribution in [0, 0.1) is 13.8 Å². The number of aryl methyl sites for hydroxylation is 2. The van der Waals surface area contributed by atoms with E-state index in [1.165, 1.54) is 29.5 Å². The zero-order valence-electron chi connectivity index (χ0n) is 25.6. The van der Waals surface area contributed by atoms with Crippen molar-refractivity contribution in [1.29, 1.82) is 0 Å². The Balaban J connectivity index is 2.25. The fraction of sp³-hybridized carbons (Fsp3) is 0.571. The van der Waals surface area contributed by atoms with Crippen LogP contribution in [-0.2, 0) is 10.2 Å². The maximum atomic E-state index is 11.1. The van der Waals surface area contributed by atoms with Gasteiger partial charge < -0.3 is 20.1 Å². The lowest BCUT2D eigenvalue weighted by molar-refractivity contribution is -0.137. The molecule has 2 atom stereocenters. The highest BCUT2D eigenvalue weighted by Crippen LogP contribution is 2.41. The summed E-state index contributed by atoms with van der Waals surface area (Å²) in [5.74, 6) is -0.219. The van der Waals surface area contributed by atoms with E-state index in [0.717, 1.165) is 43.2 Å². The summed E-state index contributed by atoms with van der Waals surface area (Å²) in [5, 5.41) is 30.0. The quantitative estimate of drug-likeness (QED) is 0.163. The average molecular weight is 553 g/mol. The van der Waals surface area contributed by atoms with Crippen molar-refractivity contribution in [3.8, 4) is 5.75 Å². The molecule has 0 saturated heterocycles. The maximum Gasteiger partial charge on any atom is 0.303 e. The molecular weight excluding hydrogens is 500 g/mol. The van der Waals surface area contributed by atoms with Crippen LogP contribution in [0.4, 0.5) is 0 Å². The van der Waals surface area contributed by atoms with Crippen molar-refractivity contribution in [3.05, 3.63) is 70.3 Å². The third kappa shape index (κ3) is 9.21. The Kier molecular flexibility index (Phi) is 13.4. The highest BCUT2D eigenvalue weighted by molar-refractivity contribution is 5.66. The fourth-order valence-electron chi connectivity index (χ4n) is 5.54. The Bertz CT molecular complexity index is 1100. The summed E-state index contributed by atoms with van der Waals surface area (Å²) in [4.78, 5) is 10.7. The lowest BCUT2D eigenvalue weighted by Crippen LogP contribution is -2.26. The molecule has 2 aromatic rings. The summed E-state index contributed by atoms with van der Waals surface area (Å²) in [6.07, 6.45) is 11.4. The number of ether oxygens (including phenoxy) is 1. The largest absolute Gasteiger partial charge is 0.491 e. The van der Waals surface area contributed by atoms with Gasteiger partial charge in [-0.15, -0.1) is 0 Å². The second-order valence-electron chi connectivity index (χ2n) is 11.3. The second-order valence-corrected chi connectivity index (χ2v) is 11.3. The summed E-state index contributed by atoms with van der Waals surface area (Å²) in [7, 11) is 0. The summed E-state index contributed by atoms with van der Waals surface area (Å²) < 4.78 is 5.84. The van der Waals surface area contributed by atoms with Crippen LogP contribution in [0.15, 0.2) is 42.5 Å². The van der Waals surface area contributed by atoms with E-state index in [2.05, 4.69) is 71.0 Å². The Hall–Kier alpha value is -2.63. The van der Waals surface area contributed by atoms with E-state index >= 15 is 0 Å². The lowest BCUT2D eigenvalue weighted by Gasteiger charge is -2.34. The number of carbonyl (C=O) groups is 1. The topological polar surface area (TPSA) is 87.0 Å². The second kappa shape index (κ2) is 16.0. The van der Waals surface area contributed by atoms with Gasteiger partial charge in [-0.1, -0.05) is 95.9 Å². The van der Waals surface area contributed by atoms with Crippen LogP contribution in [0.25, 0.3) is 6.08 Å². The van der Waals surface area contributed by atoms with Gasteiger partial charge in [0, 0.05) is 11.8 Å². The van der Waals surface area contributed by atoms with E-state index in [1.54, 1.807) is 0 Å². The lowest BCUT2D eigenvalue weighted by atomic mass is 9.70. The van der Waals surface area contributed by atoms with E-state index in [4.69, 9.17) is 9.84 Å². The summed E-state index contributed by atoms with van der Waals surface area (Å²) in [6, 6.07) is 12.9. The van der Waals surface area contributed by atoms with Gasteiger partial charge in [0.1, 0.15) is 12.4 Å². The molecule has 0 radical (unpaired) electrons. The van der Waals surface area contributed by atoms with Gasteiger partial charge in [0.15, 0.2) is 0 Å². The number of benzene rings is 2. The smallest absolute Gasteiger partial charge is 0.303 e. The number of hydrogen-bond donors (Lipinski definition) is 3. The van der Waals surface area contributed by atoms with Crippen molar-refractivity contribution in [2.75, 3.05) is 6.61 Å². The van der Waals surface area contributed by atoms with Crippen molar-refractivity contribution in [3.63, 3.8) is 0 Å². The first-order chi connectivity index (χ1) is 19.0. The molecule has 0 fully saturated rings. The van der Waals surface area contributed by atoms with Crippen LogP contribution in [0.1, 0.15) is 120 Å². The third-order valence-electron chi connectivity index (χ3n) is 8.53. The van der Waals surface area contributed by atoms with Gasteiger partial charge in [0.05, 0.1) is 11.7 Å². The first kappa shape index (κ1) is 33.6. The van der Waals surface area contributed by atoms with Crippen LogP contribution in [0.3, 0.4) is 0 Å². The van der Waals surface area contributed by atoms with Crippen LogP contribution < -0.4 is 4.74 Å². The molecule has 40 heavy (non-hydrogen) atoms. The molecule has 2 unspecified atom stereocenters. The van der Waals surface area contributed by atoms with Crippen molar-refractivity contribution < 1.29 is 24.9 Å². The van der Waals surface area contributed by atoms with E-state index in [-0.39, 0.29) is 24.9 Å². The number of aliphatic carboxylic acids is 1. The molecule has 0 aliphatic rings. The van der Waals surface area contributed by atoms with Crippen molar-refractivity contribution in [2.45, 2.75) is 123 Å². The van der Waals surface area contributed by atoms with Crippen molar-refractivity contribution >= 4 is 12.0 Å². The van der Waals surface area contributed by atoms with Crippen molar-refractivity contribution in [2.24, 2.45) is 0 Å². The predicted octanol–water partition coefficient (Wildman–Crippen LogP) is 8.14. The van der Waals surface area contributed by atoms with Crippen molar-refractivity contribution in [1.82, 2.24) is 0 Å². The standard InChI is InChI=1S/C35H52O5/c1-7-11-12-13-21-34(39,8-2)22-20-28-14-15-29(23-26(28)5)35(9-3,10-4)30-16-18-32(27(6)24-30)40-25-31(36)17-19-33(37)38/h14-16,18,20,22-24,31,36,39H,7-13,17,19,21,25H2,1-6H3,(H,37,38)/b22-20+. The molecule has 0 aromatic heterocycles. The molecule has 0 bridgehead atoms. The third-order valence-corrected chi connectivity index (χ3v) is 8.53. The summed E-state index contributed by atoms with van der Waals surface area (Å²) in [6.45, 7) is 12.9. The first-order valence-corrected chi connectivity index (χ1v) is 15.2. The molecule has 0 heterocycles. The maximum absolute atomic E-state index is 11.1. The van der Waals surface area contributed by atoms with Gasteiger partial charge in [0.2, 0.25) is 0 Å². The molecule has 0 saturated carbocycles. The molecule has 5 nitrogen and oxygen atoms in total. The van der Waals surface area contributed by atoms with Gasteiger partial charge in [-0.25, -0.2) is 0 Å². The van der Waals surface area contributed by atoms with E-state index in [0.29, 0.717) is 12.2 Å². The minimum atomic E-state index is -0.922. The zero-order chi connectivity index (χ0) is 29.8. The number of carboxylic acids is 1. The molecule has 0 aliphatic heterocycles. The Morgan fingerprint density at radius 1 is 0.925 bits per heavy atom. The van der Waals surface area contributed by atoms with E-state index < -0.39 is 17.7 Å². The molecular formula is C35H52O5. The van der Waals surface area contributed by atoms with Gasteiger partial charge in [0.25, 0.3) is 0 Å². The molecule has 0 spiro atoms. The molecule has 2 aromatic carbocycles. The highest BCUT2D eigenvalue weighted by atomic mass is 16.5. The SMILES string of the molecule is CCCCCCC(O)(/C=C/c1ccc(C(CC)(CC)c2ccc(OCC(O)CCC(=O)O)c(C)c2)cc1C)CC. The molecule has 5 heteroatoms. The minimum absolute atomic E-state index is 0.0697. The number of aliphatic hydroxyl groups is 2. The molecule has 222 valence electrons. The van der Waals surface area contributed by atoms with Crippen LogP contribution >= 0.6 is 0 Å². The Morgan fingerprint density at radius 2 is 1.57 bits per heavy atom. The van der Waals surface area contributed by atoms with Gasteiger partial charge in [-0.3, -0.25) is 4.79 Å².